The van der Waals surface area contributed by atoms with Gasteiger partial charge in [-0.3, -0.25) is 4.79 Å². The van der Waals surface area contributed by atoms with Crippen LogP contribution in [0.2, 0.25) is 0 Å². The third kappa shape index (κ3) is 17.0. The highest BCUT2D eigenvalue weighted by atomic mass is 16.5. The molecule has 0 radical (unpaired) electrons. The molecule has 0 aliphatic carbocycles. The van der Waals surface area contributed by atoms with E-state index in [1.807, 2.05) is 0 Å². The van der Waals surface area contributed by atoms with Gasteiger partial charge in [0.25, 0.3) is 0 Å². The molecule has 0 spiro atoms. The number of aromatic hydroxyl groups is 1. The third-order valence-corrected chi connectivity index (χ3v) is 8.01. The first kappa shape index (κ1) is 35.5. The number of carbonyl (C=O) groups is 1. The average Bonchev–Trinajstić information content (AvgIpc) is 2.88. The molecule has 0 atom stereocenters. The van der Waals surface area contributed by atoms with Gasteiger partial charge in [0.1, 0.15) is 5.75 Å². The minimum atomic E-state index is -0.142. The standard InChI is InChI=1S/C36H64O3/c1-7-8-9-10-11-12-13-14-15-16-17-18-19-20-21-22-23-24-27-39-34(37)26-25-31-28-32(30(2)3)35(38)33(29-31)36(4,5)6/h28-30,38H,7-27H2,1-6H3. The molecule has 1 rings (SSSR count). The molecule has 0 heterocycles. The van der Waals surface area contributed by atoms with Crippen LogP contribution < -0.4 is 0 Å². The van der Waals surface area contributed by atoms with E-state index in [4.69, 9.17) is 4.74 Å². The van der Waals surface area contributed by atoms with E-state index < -0.39 is 0 Å². The van der Waals surface area contributed by atoms with Crippen LogP contribution >= 0.6 is 0 Å². The smallest absolute Gasteiger partial charge is 0.306 e. The van der Waals surface area contributed by atoms with E-state index in [2.05, 4.69) is 53.7 Å². The van der Waals surface area contributed by atoms with Gasteiger partial charge in [-0.15, -0.1) is 0 Å². The number of hydrogen-bond acceptors (Lipinski definition) is 3. The second-order valence-corrected chi connectivity index (χ2v) is 13.2. The maximum atomic E-state index is 12.3. The van der Waals surface area contributed by atoms with Gasteiger partial charge in [0.15, 0.2) is 0 Å². The van der Waals surface area contributed by atoms with E-state index in [1.165, 1.54) is 103 Å². The van der Waals surface area contributed by atoms with Gasteiger partial charge >= 0.3 is 5.97 Å². The maximum absolute atomic E-state index is 12.3. The lowest BCUT2D eigenvalue weighted by Gasteiger charge is -2.24. The Balaban J connectivity index is 2.02. The van der Waals surface area contributed by atoms with Crippen LogP contribution in [0.3, 0.4) is 0 Å². The summed E-state index contributed by atoms with van der Waals surface area (Å²) in [6.45, 7) is 13.4. The first-order valence-corrected chi connectivity index (χ1v) is 16.7. The summed E-state index contributed by atoms with van der Waals surface area (Å²) in [7, 11) is 0. The summed E-state index contributed by atoms with van der Waals surface area (Å²) in [5.41, 5.74) is 2.88. The molecule has 1 aromatic rings. The predicted molar refractivity (Wildman–Crippen MR) is 169 cm³/mol. The molecule has 0 amide bonds. The molecule has 0 unspecified atom stereocenters. The van der Waals surface area contributed by atoms with Crippen molar-refractivity contribution in [1.82, 2.24) is 0 Å². The van der Waals surface area contributed by atoms with Crippen molar-refractivity contribution in [2.75, 3.05) is 6.61 Å². The first-order chi connectivity index (χ1) is 18.7. The van der Waals surface area contributed by atoms with E-state index in [0.717, 1.165) is 29.5 Å². The first-order valence-electron chi connectivity index (χ1n) is 16.7. The van der Waals surface area contributed by atoms with Gasteiger partial charge < -0.3 is 9.84 Å². The molecule has 3 heteroatoms. The normalized spacial score (nSPS) is 11.9. The SMILES string of the molecule is CCCCCCCCCCCCCCCCCCCCOC(=O)CCc1cc(C(C)C)c(O)c(C(C)(C)C)c1. The second kappa shape index (κ2) is 21.3. The Morgan fingerprint density at radius 3 is 1.59 bits per heavy atom. The van der Waals surface area contributed by atoms with E-state index in [0.29, 0.717) is 25.2 Å². The zero-order valence-corrected chi connectivity index (χ0v) is 26.8. The molecule has 226 valence electrons. The van der Waals surface area contributed by atoms with Crippen LogP contribution in [0.4, 0.5) is 0 Å². The summed E-state index contributed by atoms with van der Waals surface area (Å²) >= 11 is 0. The average molecular weight is 545 g/mol. The summed E-state index contributed by atoms with van der Waals surface area (Å²) in [6.07, 6.45) is 25.5. The van der Waals surface area contributed by atoms with Gasteiger partial charge in [0, 0.05) is 6.42 Å². The van der Waals surface area contributed by atoms with Gasteiger partial charge in [-0.05, 0) is 40.9 Å². The van der Waals surface area contributed by atoms with Gasteiger partial charge in [-0.2, -0.15) is 0 Å². The zero-order valence-electron chi connectivity index (χ0n) is 26.8. The Morgan fingerprint density at radius 2 is 1.18 bits per heavy atom. The van der Waals surface area contributed by atoms with Crippen molar-refractivity contribution in [2.24, 2.45) is 0 Å². The molecule has 0 aromatic heterocycles. The van der Waals surface area contributed by atoms with Gasteiger partial charge in [-0.1, -0.05) is 163 Å². The summed E-state index contributed by atoms with van der Waals surface area (Å²) in [5.74, 6) is 0.527. The van der Waals surface area contributed by atoms with E-state index >= 15 is 0 Å². The Morgan fingerprint density at radius 1 is 0.744 bits per heavy atom. The van der Waals surface area contributed by atoms with Gasteiger partial charge in [0.05, 0.1) is 6.61 Å². The number of unbranched alkanes of at least 4 members (excludes halogenated alkanes) is 17. The Hall–Kier alpha value is -1.51. The second-order valence-electron chi connectivity index (χ2n) is 13.2. The maximum Gasteiger partial charge on any atom is 0.306 e. The number of rotatable bonds is 23. The van der Waals surface area contributed by atoms with Crippen molar-refractivity contribution in [3.8, 4) is 5.75 Å². The van der Waals surface area contributed by atoms with Crippen LogP contribution in [0.25, 0.3) is 0 Å². The fourth-order valence-corrected chi connectivity index (χ4v) is 5.38. The minimum Gasteiger partial charge on any atom is -0.507 e. The Kier molecular flexibility index (Phi) is 19.4. The lowest BCUT2D eigenvalue weighted by molar-refractivity contribution is -0.143. The highest BCUT2D eigenvalue weighted by Gasteiger charge is 2.22. The lowest BCUT2D eigenvalue weighted by atomic mass is 9.82. The quantitative estimate of drug-likeness (QED) is 0.110. The fourth-order valence-electron chi connectivity index (χ4n) is 5.38. The van der Waals surface area contributed by atoms with Crippen LogP contribution in [-0.4, -0.2) is 17.7 Å². The number of benzene rings is 1. The molecule has 0 fully saturated rings. The molecular weight excluding hydrogens is 480 g/mol. The summed E-state index contributed by atoms with van der Waals surface area (Å²) < 4.78 is 5.50. The van der Waals surface area contributed by atoms with Crippen molar-refractivity contribution in [3.05, 3.63) is 28.8 Å². The molecule has 0 aliphatic rings. The van der Waals surface area contributed by atoms with Crippen molar-refractivity contribution in [2.45, 2.75) is 181 Å². The van der Waals surface area contributed by atoms with Crippen molar-refractivity contribution < 1.29 is 14.6 Å². The number of phenolic OH excluding ortho intramolecular Hbond substituents is 1. The van der Waals surface area contributed by atoms with Crippen LogP contribution in [0.1, 0.15) is 186 Å². The molecular formula is C36H64O3. The molecule has 0 bridgehead atoms. The van der Waals surface area contributed by atoms with Crippen molar-refractivity contribution in [1.29, 1.82) is 0 Å². The largest absolute Gasteiger partial charge is 0.507 e. The van der Waals surface area contributed by atoms with E-state index in [9.17, 15) is 9.90 Å². The number of hydrogen-bond donors (Lipinski definition) is 1. The van der Waals surface area contributed by atoms with E-state index in [-0.39, 0.29) is 17.3 Å². The highest BCUT2D eigenvalue weighted by Crippen LogP contribution is 2.37. The lowest BCUT2D eigenvalue weighted by Crippen LogP contribution is -2.14. The molecule has 0 aliphatic heterocycles. The fraction of sp³-hybridized carbons (Fsp3) is 0.806. The molecule has 1 N–H and O–H groups in total. The van der Waals surface area contributed by atoms with Crippen molar-refractivity contribution >= 4 is 5.97 Å². The molecule has 0 saturated carbocycles. The minimum absolute atomic E-state index is 0.113. The molecule has 0 saturated heterocycles. The predicted octanol–water partition coefficient (Wildman–Crippen LogP) is 11.3. The van der Waals surface area contributed by atoms with Gasteiger partial charge in [-0.25, -0.2) is 0 Å². The number of ether oxygens (including phenoxy) is 1. The number of esters is 1. The summed E-state index contributed by atoms with van der Waals surface area (Å²) in [5, 5.41) is 10.7. The zero-order chi connectivity index (χ0) is 28.9. The van der Waals surface area contributed by atoms with Crippen LogP contribution in [0, 0.1) is 0 Å². The Labute approximate surface area is 242 Å². The van der Waals surface area contributed by atoms with E-state index in [1.54, 1.807) is 0 Å². The van der Waals surface area contributed by atoms with Crippen LogP contribution in [0.5, 0.6) is 5.75 Å². The molecule has 3 nitrogen and oxygen atoms in total. The monoisotopic (exact) mass is 544 g/mol. The number of carbonyl (C=O) groups excluding carboxylic acids is 1. The van der Waals surface area contributed by atoms with Crippen LogP contribution in [0.15, 0.2) is 12.1 Å². The highest BCUT2D eigenvalue weighted by molar-refractivity contribution is 5.69. The summed E-state index contributed by atoms with van der Waals surface area (Å²) in [6, 6.07) is 4.12. The molecule has 1 aromatic carbocycles. The third-order valence-electron chi connectivity index (χ3n) is 8.01. The topological polar surface area (TPSA) is 46.5 Å². The van der Waals surface area contributed by atoms with Crippen molar-refractivity contribution in [3.63, 3.8) is 0 Å². The molecule has 39 heavy (non-hydrogen) atoms. The number of aryl methyl sites for hydroxylation is 1. The summed E-state index contributed by atoms with van der Waals surface area (Å²) in [4.78, 5) is 12.3. The van der Waals surface area contributed by atoms with Crippen LogP contribution in [-0.2, 0) is 21.4 Å². The Bertz CT molecular complexity index is 759. The van der Waals surface area contributed by atoms with Gasteiger partial charge in [0.2, 0.25) is 0 Å². The number of phenols is 1.